The van der Waals surface area contributed by atoms with Crippen LogP contribution < -0.4 is 5.32 Å². The standard InChI is InChI=1S/C15H21N3/c1-4-13-5-7-14(8-6-13)9-16-12(2)15-10-17-18(3)11-15/h5-8,10-12,16H,4,9H2,1-3H3. The SMILES string of the molecule is CCc1ccc(CNC(C)c2cnn(C)c2)cc1. The molecule has 3 nitrogen and oxygen atoms in total. The molecule has 0 radical (unpaired) electrons. The second-order valence-corrected chi connectivity index (χ2v) is 4.72. The molecule has 3 heteroatoms. The van der Waals surface area contributed by atoms with Crippen molar-refractivity contribution < 1.29 is 0 Å². The average molecular weight is 243 g/mol. The minimum Gasteiger partial charge on any atom is -0.306 e. The number of rotatable bonds is 5. The Morgan fingerprint density at radius 3 is 2.44 bits per heavy atom. The number of aryl methyl sites for hydroxylation is 2. The molecule has 2 aromatic rings. The summed E-state index contributed by atoms with van der Waals surface area (Å²) in [4.78, 5) is 0. The molecule has 0 spiro atoms. The van der Waals surface area contributed by atoms with Crippen molar-refractivity contribution in [3.8, 4) is 0 Å². The molecule has 0 saturated carbocycles. The third kappa shape index (κ3) is 3.20. The van der Waals surface area contributed by atoms with Crippen LogP contribution in [0.15, 0.2) is 36.7 Å². The zero-order valence-electron chi connectivity index (χ0n) is 11.4. The van der Waals surface area contributed by atoms with Gasteiger partial charge in [0.1, 0.15) is 0 Å². The molecule has 1 aromatic heterocycles. The summed E-state index contributed by atoms with van der Waals surface area (Å²) < 4.78 is 1.84. The van der Waals surface area contributed by atoms with Crippen LogP contribution in [0.5, 0.6) is 0 Å². The Morgan fingerprint density at radius 2 is 1.89 bits per heavy atom. The van der Waals surface area contributed by atoms with Crippen LogP contribution in [-0.4, -0.2) is 9.78 Å². The lowest BCUT2D eigenvalue weighted by molar-refractivity contribution is 0.574. The third-order valence-electron chi connectivity index (χ3n) is 3.27. The van der Waals surface area contributed by atoms with Crippen LogP contribution in [0, 0.1) is 0 Å². The van der Waals surface area contributed by atoms with Gasteiger partial charge in [-0.3, -0.25) is 4.68 Å². The van der Waals surface area contributed by atoms with Gasteiger partial charge in [0.15, 0.2) is 0 Å². The first-order valence-corrected chi connectivity index (χ1v) is 6.48. The van der Waals surface area contributed by atoms with Gasteiger partial charge in [-0.25, -0.2) is 0 Å². The van der Waals surface area contributed by atoms with Gasteiger partial charge in [0.25, 0.3) is 0 Å². The van der Waals surface area contributed by atoms with Crippen LogP contribution in [-0.2, 0) is 20.0 Å². The van der Waals surface area contributed by atoms with E-state index in [9.17, 15) is 0 Å². The van der Waals surface area contributed by atoms with Gasteiger partial charge >= 0.3 is 0 Å². The molecule has 0 aliphatic rings. The molecule has 0 aliphatic heterocycles. The summed E-state index contributed by atoms with van der Waals surface area (Å²) in [5.41, 5.74) is 3.93. The van der Waals surface area contributed by atoms with Gasteiger partial charge in [-0.05, 0) is 24.5 Å². The first kappa shape index (κ1) is 12.8. The van der Waals surface area contributed by atoms with Crippen LogP contribution >= 0.6 is 0 Å². The monoisotopic (exact) mass is 243 g/mol. The van der Waals surface area contributed by atoms with E-state index >= 15 is 0 Å². The van der Waals surface area contributed by atoms with E-state index in [-0.39, 0.29) is 0 Å². The highest BCUT2D eigenvalue weighted by atomic mass is 15.2. The van der Waals surface area contributed by atoms with E-state index in [4.69, 9.17) is 0 Å². The minimum absolute atomic E-state index is 0.324. The highest BCUT2D eigenvalue weighted by Gasteiger charge is 2.06. The molecule has 1 atom stereocenters. The van der Waals surface area contributed by atoms with Gasteiger partial charge in [0, 0.05) is 31.4 Å². The van der Waals surface area contributed by atoms with Gasteiger partial charge in [-0.15, -0.1) is 0 Å². The first-order valence-electron chi connectivity index (χ1n) is 6.48. The molecular formula is C15H21N3. The summed E-state index contributed by atoms with van der Waals surface area (Å²) in [5, 5.41) is 7.70. The molecule has 0 amide bonds. The molecule has 1 heterocycles. The molecule has 1 N–H and O–H groups in total. The molecule has 18 heavy (non-hydrogen) atoms. The highest BCUT2D eigenvalue weighted by Crippen LogP contribution is 2.12. The van der Waals surface area contributed by atoms with Gasteiger partial charge < -0.3 is 5.32 Å². The largest absolute Gasteiger partial charge is 0.306 e. The molecule has 0 aliphatic carbocycles. The normalized spacial score (nSPS) is 12.6. The Bertz CT molecular complexity index is 485. The fraction of sp³-hybridized carbons (Fsp3) is 0.400. The predicted molar refractivity (Wildman–Crippen MR) is 74.3 cm³/mol. The average Bonchev–Trinajstić information content (AvgIpc) is 2.83. The molecule has 0 fully saturated rings. The van der Waals surface area contributed by atoms with Crippen molar-refractivity contribution in [1.82, 2.24) is 15.1 Å². The van der Waals surface area contributed by atoms with Gasteiger partial charge in [-0.2, -0.15) is 5.10 Å². The quantitative estimate of drug-likeness (QED) is 0.875. The zero-order chi connectivity index (χ0) is 13.0. The number of nitrogens with one attached hydrogen (secondary N) is 1. The van der Waals surface area contributed by atoms with E-state index in [1.54, 1.807) is 0 Å². The topological polar surface area (TPSA) is 29.9 Å². The molecule has 0 saturated heterocycles. The molecule has 1 aromatic carbocycles. The maximum atomic E-state index is 4.19. The highest BCUT2D eigenvalue weighted by molar-refractivity contribution is 5.22. The Hall–Kier alpha value is -1.61. The Morgan fingerprint density at radius 1 is 1.22 bits per heavy atom. The number of nitrogens with zero attached hydrogens (tertiary/aromatic N) is 2. The van der Waals surface area contributed by atoms with E-state index in [1.807, 2.05) is 17.9 Å². The van der Waals surface area contributed by atoms with Crippen molar-refractivity contribution in [3.63, 3.8) is 0 Å². The van der Waals surface area contributed by atoms with Gasteiger partial charge in [0.2, 0.25) is 0 Å². The summed E-state index contributed by atoms with van der Waals surface area (Å²) >= 11 is 0. The zero-order valence-corrected chi connectivity index (χ0v) is 11.4. The van der Waals surface area contributed by atoms with Crippen LogP contribution in [0.1, 0.15) is 36.6 Å². The smallest absolute Gasteiger partial charge is 0.0537 e. The molecule has 0 bridgehead atoms. The van der Waals surface area contributed by atoms with Crippen molar-refractivity contribution in [2.75, 3.05) is 0 Å². The fourth-order valence-electron chi connectivity index (χ4n) is 1.95. The van der Waals surface area contributed by atoms with Crippen molar-refractivity contribution >= 4 is 0 Å². The van der Waals surface area contributed by atoms with E-state index in [1.165, 1.54) is 16.7 Å². The Kier molecular flexibility index (Phi) is 4.15. The van der Waals surface area contributed by atoms with Crippen molar-refractivity contribution in [3.05, 3.63) is 53.3 Å². The number of benzene rings is 1. The maximum absolute atomic E-state index is 4.19. The van der Waals surface area contributed by atoms with E-state index in [2.05, 4.69) is 54.7 Å². The third-order valence-corrected chi connectivity index (χ3v) is 3.27. The second kappa shape index (κ2) is 5.83. The second-order valence-electron chi connectivity index (χ2n) is 4.72. The van der Waals surface area contributed by atoms with E-state index < -0.39 is 0 Å². The van der Waals surface area contributed by atoms with Crippen molar-refractivity contribution in [1.29, 1.82) is 0 Å². The van der Waals surface area contributed by atoms with Gasteiger partial charge in [0.05, 0.1) is 6.20 Å². The maximum Gasteiger partial charge on any atom is 0.0537 e. The van der Waals surface area contributed by atoms with Crippen molar-refractivity contribution in [2.45, 2.75) is 32.9 Å². The number of aromatic nitrogens is 2. The lowest BCUT2D eigenvalue weighted by Crippen LogP contribution is -2.17. The molecule has 1 unspecified atom stereocenters. The first-order chi connectivity index (χ1) is 8.69. The summed E-state index contributed by atoms with van der Waals surface area (Å²) in [5.74, 6) is 0. The Labute approximate surface area is 109 Å². The molecule has 2 rings (SSSR count). The summed E-state index contributed by atoms with van der Waals surface area (Å²) in [6.07, 6.45) is 5.06. The predicted octanol–water partition coefficient (Wildman–Crippen LogP) is 2.83. The van der Waals surface area contributed by atoms with Gasteiger partial charge in [-0.1, -0.05) is 31.2 Å². The molecular weight excluding hydrogens is 222 g/mol. The summed E-state index contributed by atoms with van der Waals surface area (Å²) in [7, 11) is 1.94. The van der Waals surface area contributed by atoms with E-state index in [0.717, 1.165) is 13.0 Å². The van der Waals surface area contributed by atoms with Crippen LogP contribution in [0.3, 0.4) is 0 Å². The molecule has 96 valence electrons. The van der Waals surface area contributed by atoms with Crippen LogP contribution in [0.2, 0.25) is 0 Å². The lowest BCUT2D eigenvalue weighted by Gasteiger charge is -2.12. The summed E-state index contributed by atoms with van der Waals surface area (Å²) in [6.45, 7) is 5.23. The summed E-state index contributed by atoms with van der Waals surface area (Å²) in [6, 6.07) is 9.12. The van der Waals surface area contributed by atoms with Crippen molar-refractivity contribution in [2.24, 2.45) is 7.05 Å². The minimum atomic E-state index is 0.324. The van der Waals surface area contributed by atoms with Crippen LogP contribution in [0.4, 0.5) is 0 Å². The fourth-order valence-corrected chi connectivity index (χ4v) is 1.95. The number of hydrogen-bond donors (Lipinski definition) is 1. The van der Waals surface area contributed by atoms with Crippen LogP contribution in [0.25, 0.3) is 0 Å². The Balaban J connectivity index is 1.90. The van der Waals surface area contributed by atoms with E-state index in [0.29, 0.717) is 6.04 Å². The lowest BCUT2D eigenvalue weighted by atomic mass is 10.1. The number of hydrogen-bond acceptors (Lipinski definition) is 2.